The SMILES string of the molecule is C=C1CN(C)C(C)=C1/C=C/C(C)C1=CC=CC1(C)C. The fraction of sp³-hybridized carbons (Fsp3) is 0.444. The second-order valence-electron chi connectivity index (χ2n) is 6.31. The summed E-state index contributed by atoms with van der Waals surface area (Å²) in [5.74, 6) is 0.462. The molecule has 0 aromatic carbocycles. The highest BCUT2D eigenvalue weighted by molar-refractivity contribution is 5.47. The van der Waals surface area contributed by atoms with E-state index in [4.69, 9.17) is 0 Å². The minimum Gasteiger partial charge on any atom is -0.373 e. The number of hydrogen-bond donors (Lipinski definition) is 0. The van der Waals surface area contributed by atoms with Crippen molar-refractivity contribution in [3.63, 3.8) is 0 Å². The van der Waals surface area contributed by atoms with E-state index in [2.05, 4.69) is 76.6 Å². The van der Waals surface area contributed by atoms with Crippen molar-refractivity contribution >= 4 is 0 Å². The molecule has 2 aliphatic rings. The standard InChI is InChI=1S/C18H25N/c1-13(17-8-7-11-18(17,4)5)9-10-16-14(2)12-19(6)15(16)3/h7-11,13H,2,12H2,1,3-6H3/b10-9+. The molecule has 1 heteroatoms. The summed E-state index contributed by atoms with van der Waals surface area (Å²) < 4.78 is 0. The van der Waals surface area contributed by atoms with Crippen LogP contribution in [0.1, 0.15) is 27.7 Å². The zero-order valence-corrected chi connectivity index (χ0v) is 12.8. The average Bonchev–Trinajstić information content (AvgIpc) is 2.78. The molecule has 1 unspecified atom stereocenters. The molecule has 1 aliphatic heterocycles. The first kappa shape index (κ1) is 13.9. The second-order valence-corrected chi connectivity index (χ2v) is 6.31. The monoisotopic (exact) mass is 255 g/mol. The third-order valence-electron chi connectivity index (χ3n) is 4.35. The molecule has 0 radical (unpaired) electrons. The first-order valence-electron chi connectivity index (χ1n) is 7.01. The Labute approximate surface area is 117 Å². The molecular weight excluding hydrogens is 230 g/mol. The lowest BCUT2D eigenvalue weighted by Crippen LogP contribution is -2.13. The van der Waals surface area contributed by atoms with Gasteiger partial charge >= 0.3 is 0 Å². The van der Waals surface area contributed by atoms with Crippen LogP contribution in [0.25, 0.3) is 0 Å². The first-order valence-corrected chi connectivity index (χ1v) is 7.01. The fourth-order valence-corrected chi connectivity index (χ4v) is 2.98. The normalized spacial score (nSPS) is 23.7. The van der Waals surface area contributed by atoms with Gasteiger partial charge in [0.2, 0.25) is 0 Å². The van der Waals surface area contributed by atoms with Gasteiger partial charge in [0.1, 0.15) is 0 Å². The molecule has 0 spiro atoms. The Balaban J connectivity index is 2.14. The van der Waals surface area contributed by atoms with E-state index < -0.39 is 0 Å². The predicted molar refractivity (Wildman–Crippen MR) is 83.8 cm³/mol. The van der Waals surface area contributed by atoms with Gasteiger partial charge in [0.05, 0.1) is 0 Å². The summed E-state index contributed by atoms with van der Waals surface area (Å²) in [6.45, 7) is 14.1. The highest BCUT2D eigenvalue weighted by Crippen LogP contribution is 2.38. The van der Waals surface area contributed by atoms with Crippen molar-refractivity contribution in [2.75, 3.05) is 13.6 Å². The van der Waals surface area contributed by atoms with Gasteiger partial charge in [-0.2, -0.15) is 0 Å². The summed E-state index contributed by atoms with van der Waals surface area (Å²) in [6, 6.07) is 0. The van der Waals surface area contributed by atoms with Crippen LogP contribution in [0.5, 0.6) is 0 Å². The van der Waals surface area contributed by atoms with Gasteiger partial charge < -0.3 is 4.90 Å². The summed E-state index contributed by atoms with van der Waals surface area (Å²) >= 11 is 0. The van der Waals surface area contributed by atoms with Crippen LogP contribution >= 0.6 is 0 Å². The Kier molecular flexibility index (Phi) is 3.58. The molecule has 1 aliphatic carbocycles. The summed E-state index contributed by atoms with van der Waals surface area (Å²) in [5.41, 5.74) is 5.53. The molecule has 1 heterocycles. The van der Waals surface area contributed by atoms with E-state index in [-0.39, 0.29) is 5.41 Å². The maximum absolute atomic E-state index is 4.16. The minimum absolute atomic E-state index is 0.191. The Morgan fingerprint density at radius 3 is 2.58 bits per heavy atom. The smallest absolute Gasteiger partial charge is 0.0424 e. The van der Waals surface area contributed by atoms with Gasteiger partial charge in [0, 0.05) is 24.7 Å². The Hall–Kier alpha value is -1.50. The Morgan fingerprint density at radius 2 is 2.11 bits per heavy atom. The van der Waals surface area contributed by atoms with Crippen LogP contribution in [0, 0.1) is 11.3 Å². The molecule has 0 saturated heterocycles. The molecular formula is C18H25N. The zero-order chi connectivity index (χ0) is 14.2. The third-order valence-corrected chi connectivity index (χ3v) is 4.35. The lowest BCUT2D eigenvalue weighted by Gasteiger charge is -2.24. The van der Waals surface area contributed by atoms with Gasteiger partial charge in [-0.05, 0) is 24.0 Å². The number of rotatable bonds is 3. The van der Waals surface area contributed by atoms with Crippen molar-refractivity contribution < 1.29 is 0 Å². The van der Waals surface area contributed by atoms with E-state index in [9.17, 15) is 0 Å². The topological polar surface area (TPSA) is 3.24 Å². The highest BCUT2D eigenvalue weighted by atomic mass is 15.1. The van der Waals surface area contributed by atoms with Gasteiger partial charge in [-0.1, -0.05) is 63.3 Å². The lowest BCUT2D eigenvalue weighted by atomic mass is 9.80. The van der Waals surface area contributed by atoms with Crippen LogP contribution < -0.4 is 0 Å². The molecule has 0 amide bonds. The molecule has 19 heavy (non-hydrogen) atoms. The van der Waals surface area contributed by atoms with Crippen molar-refractivity contribution in [1.29, 1.82) is 0 Å². The molecule has 1 nitrogen and oxygen atoms in total. The number of nitrogens with zero attached hydrogens (tertiary/aromatic N) is 1. The molecule has 102 valence electrons. The van der Waals surface area contributed by atoms with Gasteiger partial charge in [-0.3, -0.25) is 0 Å². The van der Waals surface area contributed by atoms with E-state index in [1.165, 1.54) is 22.4 Å². The predicted octanol–water partition coefficient (Wildman–Crippen LogP) is 4.48. The zero-order valence-electron chi connectivity index (χ0n) is 12.8. The van der Waals surface area contributed by atoms with Gasteiger partial charge in [0.25, 0.3) is 0 Å². The van der Waals surface area contributed by atoms with Crippen molar-refractivity contribution in [1.82, 2.24) is 4.90 Å². The molecule has 0 N–H and O–H groups in total. The molecule has 2 rings (SSSR count). The van der Waals surface area contributed by atoms with E-state index in [1.807, 2.05) is 0 Å². The quantitative estimate of drug-likeness (QED) is 0.719. The summed E-state index contributed by atoms with van der Waals surface area (Å²) in [7, 11) is 2.12. The van der Waals surface area contributed by atoms with Gasteiger partial charge in [0.15, 0.2) is 0 Å². The van der Waals surface area contributed by atoms with Crippen molar-refractivity contribution in [2.24, 2.45) is 11.3 Å². The van der Waals surface area contributed by atoms with E-state index in [1.54, 1.807) is 0 Å². The van der Waals surface area contributed by atoms with Crippen molar-refractivity contribution in [3.05, 3.63) is 59.4 Å². The maximum atomic E-state index is 4.16. The number of likely N-dealkylation sites (N-methyl/N-ethyl adjacent to an activating group) is 1. The minimum atomic E-state index is 0.191. The largest absolute Gasteiger partial charge is 0.373 e. The Bertz CT molecular complexity index is 512. The summed E-state index contributed by atoms with van der Waals surface area (Å²) in [5, 5.41) is 0. The average molecular weight is 255 g/mol. The van der Waals surface area contributed by atoms with E-state index >= 15 is 0 Å². The molecule has 0 aromatic rings. The van der Waals surface area contributed by atoms with Crippen molar-refractivity contribution in [2.45, 2.75) is 27.7 Å². The first-order chi connectivity index (χ1) is 8.83. The summed E-state index contributed by atoms with van der Waals surface area (Å²) in [4.78, 5) is 2.26. The van der Waals surface area contributed by atoms with E-state index in [0.29, 0.717) is 5.92 Å². The number of allylic oxidation sites excluding steroid dienone is 7. The van der Waals surface area contributed by atoms with Crippen LogP contribution in [0.3, 0.4) is 0 Å². The van der Waals surface area contributed by atoms with Crippen LogP contribution in [0.4, 0.5) is 0 Å². The summed E-state index contributed by atoms with van der Waals surface area (Å²) in [6.07, 6.45) is 11.3. The van der Waals surface area contributed by atoms with Crippen LogP contribution in [0.15, 0.2) is 59.4 Å². The van der Waals surface area contributed by atoms with Crippen molar-refractivity contribution in [3.8, 4) is 0 Å². The van der Waals surface area contributed by atoms with Gasteiger partial charge in [-0.25, -0.2) is 0 Å². The van der Waals surface area contributed by atoms with Crippen LogP contribution in [-0.2, 0) is 0 Å². The van der Waals surface area contributed by atoms with Crippen LogP contribution in [0.2, 0.25) is 0 Å². The van der Waals surface area contributed by atoms with Crippen LogP contribution in [-0.4, -0.2) is 18.5 Å². The lowest BCUT2D eigenvalue weighted by molar-refractivity contribution is 0.481. The number of hydrogen-bond acceptors (Lipinski definition) is 1. The fourth-order valence-electron chi connectivity index (χ4n) is 2.98. The Morgan fingerprint density at radius 1 is 1.42 bits per heavy atom. The molecule has 0 saturated carbocycles. The van der Waals surface area contributed by atoms with E-state index in [0.717, 1.165) is 6.54 Å². The molecule has 0 aromatic heterocycles. The molecule has 1 atom stereocenters. The molecule has 0 fully saturated rings. The van der Waals surface area contributed by atoms with Gasteiger partial charge in [-0.15, -0.1) is 0 Å². The second kappa shape index (κ2) is 4.88. The highest BCUT2D eigenvalue weighted by Gasteiger charge is 2.26. The third kappa shape index (κ3) is 2.60. The maximum Gasteiger partial charge on any atom is 0.0424 e. The molecule has 0 bridgehead atoms.